The first-order valence-electron chi connectivity index (χ1n) is 14.9. The minimum Gasteiger partial charge on any atom is -0.493 e. The van der Waals surface area contributed by atoms with Crippen LogP contribution in [0.15, 0.2) is 36.4 Å². The number of rotatable bonds is 11. The van der Waals surface area contributed by atoms with Crippen LogP contribution in [0.3, 0.4) is 0 Å². The van der Waals surface area contributed by atoms with Gasteiger partial charge in [0.05, 0.1) is 27.2 Å². The summed E-state index contributed by atoms with van der Waals surface area (Å²) in [5.74, 6) is -1.09. The van der Waals surface area contributed by atoms with Gasteiger partial charge in [0.15, 0.2) is 11.5 Å². The molecule has 1 unspecified atom stereocenters. The van der Waals surface area contributed by atoms with Crippen LogP contribution in [-0.4, -0.2) is 80.3 Å². The highest BCUT2D eigenvalue weighted by Gasteiger charge is 2.41. The van der Waals surface area contributed by atoms with Crippen molar-refractivity contribution in [3.63, 3.8) is 0 Å². The number of hydrogen-bond donors (Lipinski definition) is 1. The molecule has 0 spiro atoms. The van der Waals surface area contributed by atoms with E-state index in [1.165, 1.54) is 21.1 Å². The van der Waals surface area contributed by atoms with Crippen molar-refractivity contribution in [2.24, 2.45) is 11.3 Å². The summed E-state index contributed by atoms with van der Waals surface area (Å²) < 4.78 is 23.2. The van der Waals surface area contributed by atoms with Gasteiger partial charge >= 0.3 is 11.9 Å². The van der Waals surface area contributed by atoms with Crippen LogP contribution in [0, 0.1) is 11.3 Å². The summed E-state index contributed by atoms with van der Waals surface area (Å²) in [5.41, 5.74) is 1.06. The number of likely N-dealkylation sites (tertiary alicyclic amines) is 1. The lowest BCUT2D eigenvalue weighted by molar-refractivity contribution is -0.145. The molecule has 11 nitrogen and oxygen atoms in total. The molecule has 0 aliphatic carbocycles. The lowest BCUT2D eigenvalue weighted by Crippen LogP contribution is -2.48. The number of nitrogens with zero attached hydrogens (tertiary/aromatic N) is 2. The quantitative estimate of drug-likeness (QED) is 0.340. The number of benzene rings is 2. The van der Waals surface area contributed by atoms with Crippen molar-refractivity contribution >= 4 is 41.0 Å². The van der Waals surface area contributed by atoms with Gasteiger partial charge in [-0.15, -0.1) is 0 Å². The first-order valence-corrected chi connectivity index (χ1v) is 15.3. The minimum atomic E-state index is -1.19. The van der Waals surface area contributed by atoms with Crippen LogP contribution in [-0.2, 0) is 28.7 Å². The van der Waals surface area contributed by atoms with Gasteiger partial charge in [0.1, 0.15) is 12.2 Å². The van der Waals surface area contributed by atoms with Gasteiger partial charge in [-0.3, -0.25) is 19.2 Å². The average Bonchev–Trinajstić information content (AvgIpc) is 3.09. The van der Waals surface area contributed by atoms with E-state index in [4.69, 9.17) is 30.5 Å². The first-order chi connectivity index (χ1) is 21.3. The maximum absolute atomic E-state index is 14.4. The van der Waals surface area contributed by atoms with E-state index in [2.05, 4.69) is 0 Å². The van der Waals surface area contributed by atoms with Gasteiger partial charge in [-0.1, -0.05) is 37.6 Å². The van der Waals surface area contributed by atoms with Crippen molar-refractivity contribution < 1.29 is 43.2 Å². The van der Waals surface area contributed by atoms with Crippen molar-refractivity contribution in [2.45, 2.75) is 58.7 Å². The lowest BCUT2D eigenvalue weighted by Gasteiger charge is -2.34. The molecule has 45 heavy (non-hydrogen) atoms. The fraction of sp³-hybridized carbons (Fsp3) is 0.515. The average molecular weight is 645 g/mol. The Morgan fingerprint density at radius 3 is 2.38 bits per heavy atom. The maximum atomic E-state index is 14.4. The van der Waals surface area contributed by atoms with E-state index in [-0.39, 0.29) is 37.8 Å². The molecule has 2 atom stereocenters. The van der Waals surface area contributed by atoms with E-state index in [0.717, 1.165) is 0 Å². The predicted octanol–water partition coefficient (Wildman–Crippen LogP) is 4.87. The number of piperidine rings is 1. The molecule has 2 aromatic rings. The summed E-state index contributed by atoms with van der Waals surface area (Å²) >= 11 is 6.51. The Hall–Kier alpha value is -3.83. The van der Waals surface area contributed by atoms with Crippen molar-refractivity contribution in [1.82, 2.24) is 4.90 Å². The van der Waals surface area contributed by atoms with Gasteiger partial charge in [0.2, 0.25) is 5.91 Å². The molecule has 2 aliphatic heterocycles. The number of ether oxygens (including phenoxy) is 4. The Morgan fingerprint density at radius 1 is 1.04 bits per heavy atom. The van der Waals surface area contributed by atoms with Crippen LogP contribution in [0.2, 0.25) is 5.02 Å². The van der Waals surface area contributed by atoms with Crippen molar-refractivity contribution in [1.29, 1.82) is 0 Å². The maximum Gasteiger partial charge on any atom is 0.303 e. The smallest absolute Gasteiger partial charge is 0.303 e. The zero-order chi connectivity index (χ0) is 32.9. The minimum absolute atomic E-state index is 0.00131. The van der Waals surface area contributed by atoms with Gasteiger partial charge < -0.3 is 33.9 Å². The fourth-order valence-electron chi connectivity index (χ4n) is 5.92. The van der Waals surface area contributed by atoms with Crippen LogP contribution in [0.1, 0.15) is 63.7 Å². The normalized spacial score (nSPS) is 19.0. The molecule has 0 aromatic heterocycles. The zero-order valence-corrected chi connectivity index (χ0v) is 27.1. The van der Waals surface area contributed by atoms with Crippen LogP contribution < -0.4 is 14.4 Å². The number of esters is 1. The largest absolute Gasteiger partial charge is 0.493 e. The van der Waals surface area contributed by atoms with Gasteiger partial charge in [-0.2, -0.15) is 0 Å². The number of halogens is 1. The van der Waals surface area contributed by atoms with Crippen LogP contribution in [0.4, 0.5) is 5.69 Å². The highest BCUT2D eigenvalue weighted by Crippen LogP contribution is 2.45. The number of anilines is 1. The summed E-state index contributed by atoms with van der Waals surface area (Å²) in [5, 5.41) is 9.60. The van der Waals surface area contributed by atoms with Gasteiger partial charge in [0, 0.05) is 60.2 Å². The highest BCUT2D eigenvalue weighted by molar-refractivity contribution is 6.30. The Balaban J connectivity index is 1.75. The molecule has 2 aliphatic rings. The Bertz CT molecular complexity index is 1420. The van der Waals surface area contributed by atoms with Crippen molar-refractivity contribution in [3.8, 4) is 11.5 Å². The molecule has 244 valence electrons. The van der Waals surface area contributed by atoms with E-state index in [0.29, 0.717) is 59.3 Å². The number of amides is 2. The monoisotopic (exact) mass is 644 g/mol. The van der Waals surface area contributed by atoms with Gasteiger partial charge in [-0.05, 0) is 43.0 Å². The number of hydrogen-bond acceptors (Lipinski definition) is 8. The first kappa shape index (κ1) is 34.1. The van der Waals surface area contributed by atoms with Crippen molar-refractivity contribution in [3.05, 3.63) is 52.5 Å². The molecule has 0 bridgehead atoms. The summed E-state index contributed by atoms with van der Waals surface area (Å²) in [7, 11) is 3.04. The molecule has 0 radical (unpaired) electrons. The second-order valence-corrected chi connectivity index (χ2v) is 12.7. The van der Waals surface area contributed by atoms with Crippen LogP contribution in [0.5, 0.6) is 11.5 Å². The molecule has 1 fully saturated rings. The summed E-state index contributed by atoms with van der Waals surface area (Å²) in [4.78, 5) is 54.1. The number of para-hydroxylation sites is 1. The SMILES string of the molecule is COc1cccc(C2O[C@H](CC(=O)N3CCC(CC(=O)O)CC3)C(=O)N(CC(C)(C)COC(C)=O)c3ccc(Cl)cc32)c1OC. The summed E-state index contributed by atoms with van der Waals surface area (Å²) in [6.07, 6.45) is -1.08. The standard InChI is InChI=1S/C33H41ClN2O9/c1-20(37)44-19-33(2,3)18-36-25-10-9-22(34)16-24(25)30(23-7-6-8-26(42-4)31(23)43-5)45-27(32(36)41)17-28(38)35-13-11-21(12-14-35)15-29(39)40/h6-10,16,21,27,30H,11-15,17-19H2,1-5H3,(H,39,40)/t27-,30?/m1/s1. The third-order valence-corrected chi connectivity index (χ3v) is 8.40. The van der Waals surface area contributed by atoms with E-state index >= 15 is 0 Å². The number of carboxylic acid groups (broad SMARTS) is 1. The summed E-state index contributed by atoms with van der Waals surface area (Å²) in [6.45, 7) is 6.13. The Morgan fingerprint density at radius 2 is 1.76 bits per heavy atom. The second kappa shape index (κ2) is 14.5. The Kier molecular flexibility index (Phi) is 11.0. The molecule has 1 N–H and O–H groups in total. The summed E-state index contributed by atoms with van der Waals surface area (Å²) in [6, 6.07) is 10.5. The molecule has 4 rings (SSSR count). The predicted molar refractivity (Wildman–Crippen MR) is 167 cm³/mol. The fourth-order valence-corrected chi connectivity index (χ4v) is 6.10. The second-order valence-electron chi connectivity index (χ2n) is 12.3. The molecule has 0 saturated carbocycles. The number of carboxylic acids is 1. The van der Waals surface area contributed by atoms with Crippen LogP contribution in [0.25, 0.3) is 0 Å². The topological polar surface area (TPSA) is 132 Å². The number of fused-ring (bicyclic) bond motifs is 1. The number of methoxy groups -OCH3 is 2. The highest BCUT2D eigenvalue weighted by atomic mass is 35.5. The van der Waals surface area contributed by atoms with Crippen LogP contribution >= 0.6 is 11.6 Å². The molecule has 2 heterocycles. The Labute approximate surface area is 268 Å². The van der Waals surface area contributed by atoms with E-state index < -0.39 is 35.5 Å². The van der Waals surface area contributed by atoms with E-state index in [1.807, 2.05) is 19.9 Å². The number of carbonyl (C=O) groups is 4. The number of carbonyl (C=O) groups excluding carboxylic acids is 3. The molecule has 2 aromatic carbocycles. The molecule has 2 amide bonds. The van der Waals surface area contributed by atoms with Crippen molar-refractivity contribution in [2.75, 3.05) is 45.4 Å². The number of aliphatic carboxylic acids is 1. The lowest BCUT2D eigenvalue weighted by atomic mass is 9.92. The third-order valence-electron chi connectivity index (χ3n) is 8.16. The molecule has 1 saturated heterocycles. The molecular formula is C33H41ClN2O9. The molecule has 12 heteroatoms. The van der Waals surface area contributed by atoms with Gasteiger partial charge in [-0.25, -0.2) is 0 Å². The third kappa shape index (κ3) is 8.26. The zero-order valence-electron chi connectivity index (χ0n) is 26.3. The van der Waals surface area contributed by atoms with E-state index in [9.17, 15) is 24.3 Å². The molecular weight excluding hydrogens is 604 g/mol. The van der Waals surface area contributed by atoms with E-state index in [1.54, 1.807) is 40.1 Å². The van der Waals surface area contributed by atoms with Gasteiger partial charge in [0.25, 0.3) is 5.91 Å².